The van der Waals surface area contributed by atoms with Crippen LogP contribution >= 0.6 is 0 Å². The Morgan fingerprint density at radius 1 is 0.506 bits per heavy atom. The predicted molar refractivity (Wildman–Crippen MR) is 328 cm³/mol. The van der Waals surface area contributed by atoms with Crippen LogP contribution in [0.25, 0.3) is 10.9 Å². The minimum absolute atomic E-state index is 0.192. The number of anilines is 3. The number of aliphatic hydroxyl groups excluding tert-OH is 2. The molecule has 0 amide bonds. The SMILES string of the molecule is CC(C)c1cc[n+](C)cc1.CN(C)c1cc[n+](C)cc1.CN(CCO)c1cc[n+](C)cc1.C[n+]1ccc(CCCO)cc1.C[n+]1ccc(N2CCCC2)cc1.C[n+]1cccc2ccccc21.Cc1cc[n+](C)cc1.Cn1cc[n+](C)c1. The molecule has 432 valence electrons. The van der Waals surface area contributed by atoms with E-state index < -0.39 is 0 Å². The van der Waals surface area contributed by atoms with Gasteiger partial charge in [-0.2, -0.15) is 0 Å². The second-order valence-corrected chi connectivity index (χ2v) is 21.0. The minimum atomic E-state index is 0.192. The van der Waals surface area contributed by atoms with Crippen molar-refractivity contribution in [2.24, 2.45) is 63.4 Å². The molecule has 0 saturated carbocycles. The van der Waals surface area contributed by atoms with Crippen molar-refractivity contribution in [3.63, 3.8) is 0 Å². The number of aliphatic hydroxyl groups is 2. The van der Waals surface area contributed by atoms with E-state index in [1.165, 1.54) is 64.9 Å². The maximum Gasteiger partial charge on any atom is 0.243 e. The molecule has 0 spiro atoms. The van der Waals surface area contributed by atoms with Crippen molar-refractivity contribution in [3.05, 3.63) is 225 Å². The Morgan fingerprint density at radius 2 is 0.963 bits per heavy atom. The van der Waals surface area contributed by atoms with Gasteiger partial charge in [0.15, 0.2) is 80.6 Å². The number of benzene rings is 1. The summed E-state index contributed by atoms with van der Waals surface area (Å²) < 4.78 is 18.3. The number of likely N-dealkylation sites (N-methyl/N-ethyl adjacent to an activating group) is 1. The first-order valence-corrected chi connectivity index (χ1v) is 28.1. The number of aryl methyl sites for hydroxylation is 11. The molecule has 0 unspecified atom stereocenters. The van der Waals surface area contributed by atoms with E-state index in [1.54, 1.807) is 0 Å². The summed E-state index contributed by atoms with van der Waals surface area (Å²) in [7, 11) is 24.2. The van der Waals surface area contributed by atoms with Crippen molar-refractivity contribution in [2.75, 3.05) is 68.7 Å². The van der Waals surface area contributed by atoms with E-state index in [9.17, 15) is 0 Å². The summed E-state index contributed by atoms with van der Waals surface area (Å²) in [6, 6.07) is 37.8. The summed E-state index contributed by atoms with van der Waals surface area (Å²) in [5.74, 6) is 0.640. The van der Waals surface area contributed by atoms with Crippen LogP contribution in [-0.4, -0.2) is 68.8 Å². The molecule has 1 aliphatic heterocycles. The predicted octanol–water partition coefficient (Wildman–Crippen LogP) is 6.03. The van der Waals surface area contributed by atoms with Gasteiger partial charge < -0.3 is 24.9 Å². The summed E-state index contributed by atoms with van der Waals surface area (Å²) in [5.41, 5.74) is 9.00. The van der Waals surface area contributed by atoms with Crippen molar-refractivity contribution in [1.82, 2.24) is 4.57 Å². The van der Waals surface area contributed by atoms with E-state index in [2.05, 4.69) is 175 Å². The van der Waals surface area contributed by atoms with Crippen LogP contribution in [0.1, 0.15) is 55.7 Å². The average Bonchev–Trinajstić information content (AvgIpc) is 4.15. The van der Waals surface area contributed by atoms with Crippen LogP contribution < -0.4 is 51.2 Å². The van der Waals surface area contributed by atoms with Gasteiger partial charge in [0, 0.05) is 155 Å². The van der Waals surface area contributed by atoms with Gasteiger partial charge in [0.2, 0.25) is 11.8 Å². The van der Waals surface area contributed by atoms with Crippen LogP contribution in [0, 0.1) is 6.92 Å². The maximum atomic E-state index is 8.71. The van der Waals surface area contributed by atoms with E-state index in [1.807, 2.05) is 195 Å². The second-order valence-electron chi connectivity index (χ2n) is 21.0. The molecule has 1 aliphatic rings. The van der Waals surface area contributed by atoms with Crippen LogP contribution in [-0.2, 0) is 69.8 Å². The highest BCUT2D eigenvalue weighted by atomic mass is 16.3. The number of aromatic nitrogens is 9. The molecular weight excluding hydrogens is 1000 g/mol. The van der Waals surface area contributed by atoms with Crippen LogP contribution in [0.4, 0.5) is 17.1 Å². The summed E-state index contributed by atoms with van der Waals surface area (Å²) in [4.78, 5) is 6.54. The summed E-state index contributed by atoms with van der Waals surface area (Å²) >= 11 is 0. The first-order chi connectivity index (χ1) is 38.8. The first-order valence-electron chi connectivity index (χ1n) is 28.1. The van der Waals surface area contributed by atoms with Crippen LogP contribution in [0.2, 0.25) is 0 Å². The summed E-state index contributed by atoms with van der Waals surface area (Å²) in [6.45, 7) is 10.1. The molecule has 1 saturated heterocycles. The van der Waals surface area contributed by atoms with Gasteiger partial charge in [-0.15, -0.1) is 0 Å². The summed E-state index contributed by atoms with van der Waals surface area (Å²) in [6.07, 6.45) is 37.1. The smallest absolute Gasteiger partial charge is 0.243 e. The Morgan fingerprint density at radius 3 is 1.38 bits per heavy atom. The monoisotopic (exact) mass is 1100 g/mol. The van der Waals surface area contributed by atoms with E-state index in [0.717, 1.165) is 18.5 Å². The van der Waals surface area contributed by atoms with Gasteiger partial charge >= 0.3 is 0 Å². The molecule has 0 radical (unpaired) electrons. The zero-order valence-corrected chi connectivity index (χ0v) is 51.8. The standard InChI is InChI=1S/C10H15N2.C10H10N.C9H15N2O.C9H14NO.C9H14N.C8H13N2.C7H10N.C5H9N2/c1-11-8-4-10(5-9-11)12-6-2-3-7-12;1-11-8-4-6-9-5-2-3-7-10(9)11;1-10-5-3-9(4-6-10)11(2)7-8-12;1-10-6-4-9(5-7-10)3-2-8-11;1-8(2)9-4-6-10(3)7-5-9;1-9(2)8-4-6-10(3)7-5-8;1-7-3-5-8(2)6-4-7;1-6-3-4-7(2)5-6/h4-5,8-9H,2-3,6-7H2,1H3;2-8H,1H3;3-6,12H,7-8H2,1-2H3;4-7,11H,2-3,8H2,1H3;4-8H,1-3H3;4-7H,1-3H3;3-6H,1-2H3;3-5H,1-2H3/q8*+1. The fourth-order valence-corrected chi connectivity index (χ4v) is 7.83. The largest absolute Gasteiger partial charge is 0.396 e. The number of rotatable bonds is 9. The zero-order valence-electron chi connectivity index (χ0n) is 51.8. The molecule has 0 aliphatic carbocycles. The number of imidazole rings is 1. The van der Waals surface area contributed by atoms with Gasteiger partial charge in [-0.25, -0.2) is 41.1 Å². The maximum absolute atomic E-state index is 8.71. The van der Waals surface area contributed by atoms with Crippen molar-refractivity contribution in [1.29, 1.82) is 0 Å². The molecule has 0 atom stereocenters. The van der Waals surface area contributed by atoms with Crippen LogP contribution in [0.3, 0.4) is 0 Å². The van der Waals surface area contributed by atoms with Gasteiger partial charge in [-0.3, -0.25) is 0 Å². The molecule has 9 aromatic rings. The van der Waals surface area contributed by atoms with Crippen molar-refractivity contribution < 1.29 is 46.7 Å². The third kappa shape index (κ3) is 28.2. The highest BCUT2D eigenvalue weighted by Crippen LogP contribution is 2.18. The van der Waals surface area contributed by atoms with Crippen LogP contribution in [0.5, 0.6) is 0 Å². The Bertz CT molecular complexity index is 2940. The van der Waals surface area contributed by atoms with Gasteiger partial charge in [0.05, 0.1) is 20.7 Å². The molecule has 8 aromatic heterocycles. The normalized spacial score (nSPS) is 10.9. The molecule has 14 heteroatoms. The summed E-state index contributed by atoms with van der Waals surface area (Å²) in [5, 5.41) is 18.6. The van der Waals surface area contributed by atoms with Gasteiger partial charge in [-0.05, 0) is 67.3 Å². The number of para-hydroxylation sites is 1. The Kier molecular flexibility index (Phi) is 31.5. The zero-order chi connectivity index (χ0) is 59.5. The lowest BCUT2D eigenvalue weighted by molar-refractivity contribution is -0.671. The third-order valence-electron chi connectivity index (χ3n) is 13.0. The molecule has 1 aromatic carbocycles. The number of pyridine rings is 7. The first kappa shape index (κ1) is 67.3. The van der Waals surface area contributed by atoms with E-state index in [0.29, 0.717) is 12.5 Å². The van der Waals surface area contributed by atoms with E-state index >= 15 is 0 Å². The highest BCUT2D eigenvalue weighted by molar-refractivity contribution is 5.74. The Balaban J connectivity index is 0.000000244. The lowest BCUT2D eigenvalue weighted by Crippen LogP contribution is -2.28. The molecule has 2 N–H and O–H groups in total. The minimum Gasteiger partial charge on any atom is -0.396 e. The molecule has 1 fully saturated rings. The van der Waals surface area contributed by atoms with Crippen LogP contribution in [0.15, 0.2) is 208 Å². The topological polar surface area (TPSA) is 86.1 Å². The molecular formula is C67H100N12O2+8. The second kappa shape index (κ2) is 37.8. The number of hydrogen-bond donors (Lipinski definition) is 2. The lowest BCUT2D eigenvalue weighted by atomic mass is 10.1. The number of hydrogen-bond acceptors (Lipinski definition) is 5. The highest BCUT2D eigenvalue weighted by Gasteiger charge is 2.12. The molecule has 81 heavy (non-hydrogen) atoms. The Hall–Kier alpha value is -7.94. The fraction of sp³-hybridized carbons (Fsp3) is 0.373. The average molecular weight is 1110 g/mol. The van der Waals surface area contributed by atoms with Crippen molar-refractivity contribution in [2.45, 2.75) is 52.4 Å². The lowest BCUT2D eigenvalue weighted by Gasteiger charge is -2.16. The third-order valence-corrected chi connectivity index (χ3v) is 13.0. The number of fused-ring (bicyclic) bond motifs is 1. The molecule has 14 nitrogen and oxygen atoms in total. The quantitative estimate of drug-likeness (QED) is 0.173. The number of nitrogens with zero attached hydrogens (tertiary/aromatic N) is 12. The Labute approximate surface area is 486 Å². The molecule has 10 rings (SSSR count). The van der Waals surface area contributed by atoms with E-state index in [-0.39, 0.29) is 13.2 Å². The fourth-order valence-electron chi connectivity index (χ4n) is 7.83. The van der Waals surface area contributed by atoms with Gasteiger partial charge in [0.1, 0.15) is 61.7 Å². The van der Waals surface area contributed by atoms with Gasteiger partial charge in [0.25, 0.3) is 0 Å². The van der Waals surface area contributed by atoms with Crippen molar-refractivity contribution in [3.8, 4) is 0 Å². The molecule has 9 heterocycles. The van der Waals surface area contributed by atoms with Crippen molar-refractivity contribution >= 4 is 28.0 Å². The van der Waals surface area contributed by atoms with Gasteiger partial charge in [-0.1, -0.05) is 26.0 Å². The van der Waals surface area contributed by atoms with E-state index in [4.69, 9.17) is 10.2 Å². The molecule has 0 bridgehead atoms.